The van der Waals surface area contributed by atoms with Crippen molar-refractivity contribution in [2.75, 3.05) is 11.9 Å². The molecular weight excluding hydrogens is 260 g/mol. The van der Waals surface area contributed by atoms with Crippen molar-refractivity contribution in [2.45, 2.75) is 13.3 Å². The van der Waals surface area contributed by atoms with Crippen LogP contribution in [-0.4, -0.2) is 11.5 Å². The molecular formula is C18H16N2O. The van der Waals surface area contributed by atoms with Gasteiger partial charge in [-0.05, 0) is 37.1 Å². The number of nitrogens with one attached hydrogen (secondary N) is 1. The van der Waals surface area contributed by atoms with E-state index >= 15 is 0 Å². The molecule has 21 heavy (non-hydrogen) atoms. The minimum Gasteiger partial charge on any atom is -0.453 e. The van der Waals surface area contributed by atoms with Crippen molar-refractivity contribution in [3.63, 3.8) is 0 Å². The van der Waals surface area contributed by atoms with Gasteiger partial charge in [0, 0.05) is 30.2 Å². The van der Waals surface area contributed by atoms with Gasteiger partial charge in [0.05, 0.1) is 5.52 Å². The number of nitrogens with zero attached hydrogens (tertiary/aromatic N) is 1. The van der Waals surface area contributed by atoms with E-state index in [2.05, 4.69) is 28.2 Å². The molecule has 0 bridgehead atoms. The molecule has 0 spiro atoms. The zero-order chi connectivity index (χ0) is 14.5. The van der Waals surface area contributed by atoms with E-state index in [-0.39, 0.29) is 0 Å². The van der Waals surface area contributed by atoms with Gasteiger partial charge < -0.3 is 9.73 Å². The third kappa shape index (κ3) is 3.24. The summed E-state index contributed by atoms with van der Waals surface area (Å²) < 4.78 is 5.40. The summed E-state index contributed by atoms with van der Waals surface area (Å²) in [5, 5.41) is 4.54. The van der Waals surface area contributed by atoms with Crippen LogP contribution in [-0.2, 0) is 0 Å². The summed E-state index contributed by atoms with van der Waals surface area (Å²) in [7, 11) is 0. The zero-order valence-corrected chi connectivity index (χ0v) is 11.9. The van der Waals surface area contributed by atoms with Crippen molar-refractivity contribution in [3.8, 4) is 11.8 Å². The zero-order valence-electron chi connectivity index (χ0n) is 11.9. The van der Waals surface area contributed by atoms with Gasteiger partial charge in [0.2, 0.25) is 0 Å². The van der Waals surface area contributed by atoms with Gasteiger partial charge in [-0.1, -0.05) is 24.1 Å². The Bertz CT molecular complexity index is 803. The molecule has 2 heterocycles. The summed E-state index contributed by atoms with van der Waals surface area (Å²) in [5.74, 6) is 7.74. The molecule has 3 nitrogen and oxygen atoms in total. The van der Waals surface area contributed by atoms with Crippen LogP contribution >= 0.6 is 0 Å². The normalized spacial score (nSPS) is 10.1. The van der Waals surface area contributed by atoms with E-state index < -0.39 is 0 Å². The van der Waals surface area contributed by atoms with E-state index in [1.807, 2.05) is 49.5 Å². The van der Waals surface area contributed by atoms with Gasteiger partial charge in [-0.15, -0.1) is 0 Å². The van der Waals surface area contributed by atoms with Crippen LogP contribution in [0.5, 0.6) is 0 Å². The number of hydrogen-bond donors (Lipinski definition) is 1. The molecule has 0 aliphatic carbocycles. The van der Waals surface area contributed by atoms with Crippen molar-refractivity contribution in [3.05, 3.63) is 60.2 Å². The van der Waals surface area contributed by atoms with Gasteiger partial charge in [0.15, 0.2) is 5.76 Å². The van der Waals surface area contributed by atoms with Gasteiger partial charge in [-0.2, -0.15) is 0 Å². The Morgan fingerprint density at radius 3 is 2.90 bits per heavy atom. The Balaban J connectivity index is 1.61. The van der Waals surface area contributed by atoms with Crippen molar-refractivity contribution >= 4 is 16.6 Å². The molecule has 3 aromatic rings. The highest BCUT2D eigenvalue weighted by molar-refractivity contribution is 5.90. The molecule has 0 saturated heterocycles. The molecule has 0 radical (unpaired) electrons. The van der Waals surface area contributed by atoms with E-state index in [1.165, 1.54) is 0 Å². The second-order valence-electron chi connectivity index (χ2n) is 4.76. The number of fused-ring (bicyclic) bond motifs is 1. The number of furan rings is 1. The average Bonchev–Trinajstić information content (AvgIpc) is 2.92. The van der Waals surface area contributed by atoms with Crippen LogP contribution in [0.3, 0.4) is 0 Å². The molecule has 0 aliphatic heterocycles. The summed E-state index contributed by atoms with van der Waals surface area (Å²) in [5.41, 5.74) is 2.09. The van der Waals surface area contributed by atoms with E-state index in [9.17, 15) is 0 Å². The van der Waals surface area contributed by atoms with Gasteiger partial charge in [-0.25, -0.2) is 0 Å². The molecule has 0 amide bonds. The number of hydrogen-bond acceptors (Lipinski definition) is 3. The number of para-hydroxylation sites is 1. The maximum absolute atomic E-state index is 5.40. The Morgan fingerprint density at radius 2 is 2.05 bits per heavy atom. The van der Waals surface area contributed by atoms with Crippen LogP contribution in [0.4, 0.5) is 5.69 Å². The predicted octanol–water partition coefficient (Wildman–Crippen LogP) is 3.99. The quantitative estimate of drug-likeness (QED) is 0.580. The van der Waals surface area contributed by atoms with Gasteiger partial charge in [-0.3, -0.25) is 4.98 Å². The fourth-order valence-corrected chi connectivity index (χ4v) is 2.16. The third-order valence-electron chi connectivity index (χ3n) is 3.17. The van der Waals surface area contributed by atoms with Crippen molar-refractivity contribution < 1.29 is 4.42 Å². The number of aromatic nitrogens is 1. The average molecular weight is 276 g/mol. The molecule has 1 N–H and O–H groups in total. The molecule has 1 aromatic carbocycles. The van der Waals surface area contributed by atoms with Gasteiger partial charge in [0.1, 0.15) is 5.76 Å². The van der Waals surface area contributed by atoms with Crippen LogP contribution in [0, 0.1) is 18.8 Å². The van der Waals surface area contributed by atoms with E-state index in [4.69, 9.17) is 4.42 Å². The first-order valence-electron chi connectivity index (χ1n) is 6.96. The molecule has 0 saturated carbocycles. The Labute approximate surface area is 124 Å². The summed E-state index contributed by atoms with van der Waals surface area (Å²) in [4.78, 5) is 4.35. The minimum absolute atomic E-state index is 0.724. The first kappa shape index (κ1) is 13.3. The number of anilines is 1. The number of aryl methyl sites for hydroxylation is 1. The second kappa shape index (κ2) is 6.15. The van der Waals surface area contributed by atoms with Crippen LogP contribution in [0.2, 0.25) is 0 Å². The van der Waals surface area contributed by atoms with Gasteiger partial charge in [0.25, 0.3) is 0 Å². The van der Waals surface area contributed by atoms with Crippen LogP contribution in [0.1, 0.15) is 17.9 Å². The van der Waals surface area contributed by atoms with Crippen LogP contribution in [0.15, 0.2) is 53.1 Å². The lowest BCUT2D eigenvalue weighted by Gasteiger charge is -2.07. The lowest BCUT2D eigenvalue weighted by atomic mass is 10.2. The van der Waals surface area contributed by atoms with E-state index in [0.717, 1.165) is 41.1 Å². The summed E-state index contributed by atoms with van der Waals surface area (Å²) >= 11 is 0. The van der Waals surface area contributed by atoms with Crippen molar-refractivity contribution in [1.82, 2.24) is 4.98 Å². The predicted molar refractivity (Wildman–Crippen MR) is 85.2 cm³/mol. The second-order valence-corrected chi connectivity index (χ2v) is 4.76. The molecule has 0 unspecified atom stereocenters. The summed E-state index contributed by atoms with van der Waals surface area (Å²) in [6, 6.07) is 13.9. The molecule has 0 fully saturated rings. The standard InChI is InChI=1S/C18H16N2O/c1-14-9-10-15(21-14)6-4-5-12-19-18-11-13-20-17-8-3-2-7-16(17)18/h2-3,7-11,13H,5,12H2,1H3,(H,19,20). The first-order valence-corrected chi connectivity index (χ1v) is 6.96. The Hall–Kier alpha value is -2.73. The molecule has 3 rings (SSSR count). The van der Waals surface area contributed by atoms with Gasteiger partial charge >= 0.3 is 0 Å². The first-order chi connectivity index (χ1) is 10.3. The Kier molecular flexibility index (Phi) is 3.88. The fourth-order valence-electron chi connectivity index (χ4n) is 2.16. The lowest BCUT2D eigenvalue weighted by Crippen LogP contribution is -2.01. The SMILES string of the molecule is Cc1ccc(C#CCCNc2ccnc3ccccc23)o1. The highest BCUT2D eigenvalue weighted by atomic mass is 16.3. The van der Waals surface area contributed by atoms with E-state index in [1.54, 1.807) is 0 Å². The van der Waals surface area contributed by atoms with Crippen LogP contribution < -0.4 is 5.32 Å². The number of benzene rings is 1. The number of pyridine rings is 1. The maximum Gasteiger partial charge on any atom is 0.177 e. The summed E-state index contributed by atoms with van der Waals surface area (Å²) in [6.07, 6.45) is 2.58. The highest BCUT2D eigenvalue weighted by Gasteiger charge is 1.99. The molecule has 104 valence electrons. The van der Waals surface area contributed by atoms with Crippen LogP contribution in [0.25, 0.3) is 10.9 Å². The lowest BCUT2D eigenvalue weighted by molar-refractivity contribution is 0.522. The maximum atomic E-state index is 5.40. The smallest absolute Gasteiger partial charge is 0.177 e. The Morgan fingerprint density at radius 1 is 1.14 bits per heavy atom. The monoisotopic (exact) mass is 276 g/mol. The summed E-state index contributed by atoms with van der Waals surface area (Å²) in [6.45, 7) is 2.71. The number of rotatable bonds is 3. The van der Waals surface area contributed by atoms with Crippen molar-refractivity contribution in [2.24, 2.45) is 0 Å². The largest absolute Gasteiger partial charge is 0.453 e. The van der Waals surface area contributed by atoms with E-state index in [0.29, 0.717) is 0 Å². The third-order valence-corrected chi connectivity index (χ3v) is 3.17. The minimum atomic E-state index is 0.724. The highest BCUT2D eigenvalue weighted by Crippen LogP contribution is 2.20. The molecule has 2 aromatic heterocycles. The molecule has 3 heteroatoms. The topological polar surface area (TPSA) is 38.1 Å². The molecule has 0 atom stereocenters. The fraction of sp³-hybridized carbons (Fsp3) is 0.167. The molecule has 0 aliphatic rings. The van der Waals surface area contributed by atoms with Crippen molar-refractivity contribution in [1.29, 1.82) is 0 Å².